The second-order valence-electron chi connectivity index (χ2n) is 7.89. The van der Waals surface area contributed by atoms with Crippen molar-refractivity contribution in [2.45, 2.75) is 38.3 Å². The van der Waals surface area contributed by atoms with Gasteiger partial charge in [0.05, 0.1) is 24.8 Å². The van der Waals surface area contributed by atoms with E-state index in [1.807, 2.05) is 13.0 Å². The van der Waals surface area contributed by atoms with Gasteiger partial charge in [-0.1, -0.05) is 0 Å². The Kier molecular flexibility index (Phi) is 5.26. The second kappa shape index (κ2) is 7.72. The van der Waals surface area contributed by atoms with Gasteiger partial charge in [0.2, 0.25) is 0 Å². The highest BCUT2D eigenvalue weighted by Crippen LogP contribution is 2.42. The minimum atomic E-state index is -0.509. The third-order valence-electron chi connectivity index (χ3n) is 6.01. The molecular formula is C20H29N5O4. The first-order chi connectivity index (χ1) is 14.0. The Morgan fingerprint density at radius 1 is 1.24 bits per heavy atom. The van der Waals surface area contributed by atoms with E-state index < -0.39 is 11.2 Å². The number of ether oxygens (including phenoxy) is 2. The third-order valence-corrected chi connectivity index (χ3v) is 6.01. The molecule has 0 spiro atoms. The fourth-order valence-corrected chi connectivity index (χ4v) is 4.27. The lowest BCUT2D eigenvalue weighted by atomic mass is 10.0. The van der Waals surface area contributed by atoms with Gasteiger partial charge in [0.15, 0.2) is 5.75 Å². The molecule has 29 heavy (non-hydrogen) atoms. The first-order valence-electron chi connectivity index (χ1n) is 10.2. The summed E-state index contributed by atoms with van der Waals surface area (Å²) in [5.41, 5.74) is 6.70. The molecule has 0 bridgehead atoms. The summed E-state index contributed by atoms with van der Waals surface area (Å²) in [6.45, 7) is 4.76. The summed E-state index contributed by atoms with van der Waals surface area (Å²) in [6.07, 6.45) is 2.73. The molecule has 9 heteroatoms. The number of nitrogens with zero attached hydrogens (tertiary/aromatic N) is 3. The molecule has 158 valence electrons. The Hall–Kier alpha value is -2.52. The molecule has 4 rings (SSSR count). The van der Waals surface area contributed by atoms with E-state index in [9.17, 15) is 9.59 Å². The van der Waals surface area contributed by atoms with Gasteiger partial charge in [-0.25, -0.2) is 4.79 Å². The number of aromatic nitrogens is 2. The zero-order valence-electron chi connectivity index (χ0n) is 17.0. The van der Waals surface area contributed by atoms with Crippen LogP contribution in [0, 0.1) is 5.92 Å². The van der Waals surface area contributed by atoms with E-state index in [1.165, 1.54) is 0 Å². The minimum absolute atomic E-state index is 0.0273. The van der Waals surface area contributed by atoms with Gasteiger partial charge < -0.3 is 25.9 Å². The van der Waals surface area contributed by atoms with Crippen LogP contribution in [0.5, 0.6) is 5.75 Å². The fraction of sp³-hybridized carbons (Fsp3) is 0.600. The molecule has 1 aromatic carbocycles. The normalized spacial score (nSPS) is 20.4. The molecule has 1 aromatic heterocycles. The Balaban J connectivity index is 1.77. The number of hydrogen-bond donors (Lipinski definition) is 2. The van der Waals surface area contributed by atoms with Gasteiger partial charge in [0, 0.05) is 31.8 Å². The van der Waals surface area contributed by atoms with E-state index in [0.29, 0.717) is 40.5 Å². The summed E-state index contributed by atoms with van der Waals surface area (Å²) in [5.74, 6) is 6.61. The first kappa shape index (κ1) is 19.8. The average Bonchev–Trinajstić information content (AvgIpc) is 3.44. The molecule has 9 nitrogen and oxygen atoms in total. The van der Waals surface area contributed by atoms with Crippen molar-refractivity contribution in [1.82, 2.24) is 9.24 Å². The average molecular weight is 403 g/mol. The zero-order chi connectivity index (χ0) is 20.7. The summed E-state index contributed by atoms with van der Waals surface area (Å²) >= 11 is 0. The topological polar surface area (TPSA) is 118 Å². The van der Waals surface area contributed by atoms with E-state index in [1.54, 1.807) is 17.7 Å². The Labute approximate surface area is 168 Å². The number of nitrogens with two attached hydrogens (primary N) is 2. The molecule has 2 aromatic rings. The van der Waals surface area contributed by atoms with Gasteiger partial charge in [0.1, 0.15) is 5.52 Å². The summed E-state index contributed by atoms with van der Waals surface area (Å²) < 4.78 is 13.5. The quantitative estimate of drug-likeness (QED) is 0.643. The third kappa shape index (κ3) is 3.38. The van der Waals surface area contributed by atoms with E-state index >= 15 is 0 Å². The maximum absolute atomic E-state index is 12.7. The Morgan fingerprint density at radius 2 is 2.00 bits per heavy atom. The summed E-state index contributed by atoms with van der Waals surface area (Å²) in [4.78, 5) is 27.6. The van der Waals surface area contributed by atoms with Gasteiger partial charge in [-0.3, -0.25) is 9.36 Å². The van der Waals surface area contributed by atoms with Crippen LogP contribution in [0.1, 0.15) is 32.2 Å². The Bertz CT molecular complexity index is 1030. The van der Waals surface area contributed by atoms with E-state index in [-0.39, 0.29) is 12.1 Å². The molecule has 1 saturated heterocycles. The highest BCUT2D eigenvalue weighted by molar-refractivity contribution is 5.90. The first-order valence-corrected chi connectivity index (χ1v) is 10.2. The maximum atomic E-state index is 12.7. The number of nitrogen functional groups attached to an aromatic ring is 1. The van der Waals surface area contributed by atoms with Crippen molar-refractivity contribution in [2.24, 2.45) is 11.7 Å². The molecule has 0 radical (unpaired) electrons. The monoisotopic (exact) mass is 403 g/mol. The zero-order valence-corrected chi connectivity index (χ0v) is 17.0. The largest absolute Gasteiger partial charge is 0.492 e. The molecule has 1 aliphatic heterocycles. The smallest absolute Gasteiger partial charge is 0.350 e. The molecular weight excluding hydrogens is 374 g/mol. The summed E-state index contributed by atoms with van der Waals surface area (Å²) in [6, 6.07) is 3.64. The molecule has 2 fully saturated rings. The SMILES string of the molecule is CCOC[C@H](N)C1CCN(c2ccc3c(=O)n(N)c(=O)n(C4CC4)c3c2OC)C1. The van der Waals surface area contributed by atoms with Crippen molar-refractivity contribution in [2.75, 3.05) is 44.2 Å². The minimum Gasteiger partial charge on any atom is -0.492 e. The van der Waals surface area contributed by atoms with Gasteiger partial charge >= 0.3 is 5.69 Å². The van der Waals surface area contributed by atoms with Crippen LogP contribution in [-0.4, -0.2) is 48.7 Å². The number of methoxy groups -OCH3 is 1. The van der Waals surface area contributed by atoms with Gasteiger partial charge in [-0.15, -0.1) is 0 Å². The summed E-state index contributed by atoms with van der Waals surface area (Å²) in [7, 11) is 1.57. The number of anilines is 1. The summed E-state index contributed by atoms with van der Waals surface area (Å²) in [5, 5.41) is 0.392. The standard InChI is InChI=1S/C20H29N5O4/c1-3-29-11-15(21)12-8-9-23(10-12)16-7-6-14-17(18(16)28-2)24(13-4-5-13)20(27)25(22)19(14)26/h6-7,12-13,15H,3-5,8-11,21-22H2,1-2H3/t12?,15-/m0/s1. The Morgan fingerprint density at radius 3 is 2.66 bits per heavy atom. The van der Waals surface area contributed by atoms with Gasteiger partial charge in [-0.05, 0) is 44.2 Å². The molecule has 2 atom stereocenters. The van der Waals surface area contributed by atoms with Crippen LogP contribution in [0.15, 0.2) is 21.7 Å². The van der Waals surface area contributed by atoms with Crippen LogP contribution in [-0.2, 0) is 4.74 Å². The van der Waals surface area contributed by atoms with Crippen molar-refractivity contribution in [1.29, 1.82) is 0 Å². The van der Waals surface area contributed by atoms with Crippen LogP contribution in [0.4, 0.5) is 5.69 Å². The van der Waals surface area contributed by atoms with Gasteiger partial charge in [-0.2, -0.15) is 4.68 Å². The molecule has 2 aliphatic rings. The van der Waals surface area contributed by atoms with Crippen molar-refractivity contribution in [3.8, 4) is 5.75 Å². The highest BCUT2D eigenvalue weighted by Gasteiger charge is 2.33. The van der Waals surface area contributed by atoms with Crippen molar-refractivity contribution >= 4 is 16.6 Å². The van der Waals surface area contributed by atoms with Crippen molar-refractivity contribution < 1.29 is 9.47 Å². The predicted octanol–water partition coefficient (Wildman–Crippen LogP) is 0.411. The van der Waals surface area contributed by atoms with E-state index in [0.717, 1.165) is 38.0 Å². The number of benzene rings is 1. The fourth-order valence-electron chi connectivity index (χ4n) is 4.27. The molecule has 1 unspecified atom stereocenters. The predicted molar refractivity (Wildman–Crippen MR) is 112 cm³/mol. The van der Waals surface area contributed by atoms with Crippen molar-refractivity contribution in [3.63, 3.8) is 0 Å². The lowest BCUT2D eigenvalue weighted by Gasteiger charge is -2.25. The highest BCUT2D eigenvalue weighted by atomic mass is 16.5. The number of hydrogen-bond acceptors (Lipinski definition) is 7. The lowest BCUT2D eigenvalue weighted by Crippen LogP contribution is -2.44. The maximum Gasteiger partial charge on any atom is 0.350 e. The molecule has 2 heterocycles. The molecule has 1 aliphatic carbocycles. The number of fused-ring (bicyclic) bond motifs is 1. The van der Waals surface area contributed by atoms with E-state index in [4.69, 9.17) is 21.1 Å². The lowest BCUT2D eigenvalue weighted by molar-refractivity contribution is 0.119. The molecule has 4 N–H and O–H groups in total. The van der Waals surface area contributed by atoms with Gasteiger partial charge in [0.25, 0.3) is 5.56 Å². The van der Waals surface area contributed by atoms with Crippen LogP contribution in [0.3, 0.4) is 0 Å². The number of rotatable bonds is 7. The van der Waals surface area contributed by atoms with Crippen LogP contribution >= 0.6 is 0 Å². The van der Waals surface area contributed by atoms with E-state index in [2.05, 4.69) is 4.90 Å². The molecule has 0 amide bonds. The van der Waals surface area contributed by atoms with Crippen LogP contribution < -0.4 is 32.5 Å². The molecule has 1 saturated carbocycles. The van der Waals surface area contributed by atoms with Crippen molar-refractivity contribution in [3.05, 3.63) is 33.0 Å². The second-order valence-corrected chi connectivity index (χ2v) is 7.89. The van der Waals surface area contributed by atoms with Crippen LogP contribution in [0.25, 0.3) is 10.9 Å². The van der Waals surface area contributed by atoms with Crippen LogP contribution in [0.2, 0.25) is 0 Å².